The molecule has 0 aliphatic carbocycles. The Kier molecular flexibility index (Phi) is 4.68. The molecule has 1 atom stereocenters. The number of benzene rings is 1. The zero-order chi connectivity index (χ0) is 10.4. The van der Waals surface area contributed by atoms with Gasteiger partial charge in [0.1, 0.15) is 0 Å². The molecular weight excluding hydrogens is 170 g/mol. The quantitative estimate of drug-likeness (QED) is 0.709. The van der Waals surface area contributed by atoms with Crippen molar-refractivity contribution in [1.29, 1.82) is 0 Å². The van der Waals surface area contributed by atoms with Crippen LogP contribution in [0.3, 0.4) is 0 Å². The van der Waals surface area contributed by atoms with Gasteiger partial charge < -0.3 is 5.73 Å². The Morgan fingerprint density at radius 1 is 1.14 bits per heavy atom. The highest BCUT2D eigenvalue weighted by Gasteiger charge is 1.98. The van der Waals surface area contributed by atoms with E-state index in [0.29, 0.717) is 0 Å². The lowest BCUT2D eigenvalue weighted by Gasteiger charge is -2.06. The number of aryl methyl sites for hydroxylation is 1. The highest BCUT2D eigenvalue weighted by atomic mass is 14.6. The molecule has 0 aliphatic rings. The van der Waals surface area contributed by atoms with Crippen molar-refractivity contribution in [3.8, 4) is 0 Å². The van der Waals surface area contributed by atoms with Gasteiger partial charge >= 0.3 is 0 Å². The Bertz CT molecular complexity index is 248. The van der Waals surface area contributed by atoms with Gasteiger partial charge in [0.25, 0.3) is 0 Å². The van der Waals surface area contributed by atoms with E-state index in [0.717, 1.165) is 0 Å². The number of nitrogens with two attached hydrogens (primary N) is 1. The number of hydrogen-bond donors (Lipinski definition) is 1. The largest absolute Gasteiger partial charge is 0.324 e. The monoisotopic (exact) mass is 191 g/mol. The zero-order valence-corrected chi connectivity index (χ0v) is 9.29. The van der Waals surface area contributed by atoms with Crippen molar-refractivity contribution in [2.45, 2.75) is 45.6 Å². The lowest BCUT2D eigenvalue weighted by molar-refractivity contribution is 0.716. The predicted octanol–water partition coefficient (Wildman–Crippen LogP) is 3.44. The SMILES string of the molecule is CCCCCc1ccc([C@H](C)N)cc1. The molecule has 0 saturated carbocycles. The molecule has 0 unspecified atom stereocenters. The Hall–Kier alpha value is -0.820. The summed E-state index contributed by atoms with van der Waals surface area (Å²) in [6, 6.07) is 8.85. The second-order valence-electron chi connectivity index (χ2n) is 3.99. The molecule has 1 aromatic rings. The summed E-state index contributed by atoms with van der Waals surface area (Å²) in [5.41, 5.74) is 8.44. The summed E-state index contributed by atoms with van der Waals surface area (Å²) in [7, 11) is 0. The van der Waals surface area contributed by atoms with Gasteiger partial charge in [0, 0.05) is 6.04 Å². The van der Waals surface area contributed by atoms with Gasteiger partial charge in [-0.1, -0.05) is 44.0 Å². The van der Waals surface area contributed by atoms with Crippen molar-refractivity contribution in [2.75, 3.05) is 0 Å². The summed E-state index contributed by atoms with van der Waals surface area (Å²) in [5, 5.41) is 0. The van der Waals surface area contributed by atoms with Crippen LogP contribution >= 0.6 is 0 Å². The summed E-state index contributed by atoms with van der Waals surface area (Å²) in [5.74, 6) is 0. The van der Waals surface area contributed by atoms with Crippen molar-refractivity contribution in [2.24, 2.45) is 5.73 Å². The lowest BCUT2D eigenvalue weighted by atomic mass is 10.0. The molecule has 0 radical (unpaired) electrons. The van der Waals surface area contributed by atoms with Gasteiger partial charge in [0.05, 0.1) is 0 Å². The lowest BCUT2D eigenvalue weighted by Crippen LogP contribution is -2.04. The van der Waals surface area contributed by atoms with Crippen LogP contribution in [-0.4, -0.2) is 0 Å². The second-order valence-corrected chi connectivity index (χ2v) is 3.99. The summed E-state index contributed by atoms with van der Waals surface area (Å²) >= 11 is 0. The van der Waals surface area contributed by atoms with Crippen molar-refractivity contribution in [1.82, 2.24) is 0 Å². The van der Waals surface area contributed by atoms with Gasteiger partial charge in [-0.2, -0.15) is 0 Å². The van der Waals surface area contributed by atoms with Crippen molar-refractivity contribution < 1.29 is 0 Å². The van der Waals surface area contributed by atoms with E-state index >= 15 is 0 Å². The molecule has 1 heteroatoms. The van der Waals surface area contributed by atoms with E-state index in [1.807, 2.05) is 6.92 Å². The molecule has 0 aromatic heterocycles. The van der Waals surface area contributed by atoms with Crippen LogP contribution in [0.25, 0.3) is 0 Å². The molecular formula is C13H21N. The standard InChI is InChI=1S/C13H21N/c1-3-4-5-6-12-7-9-13(10-8-12)11(2)14/h7-11H,3-6,14H2,1-2H3/t11-/m0/s1. The van der Waals surface area contributed by atoms with Crippen LogP contribution in [0, 0.1) is 0 Å². The highest BCUT2D eigenvalue weighted by molar-refractivity contribution is 5.24. The van der Waals surface area contributed by atoms with Crippen LogP contribution in [0.2, 0.25) is 0 Å². The van der Waals surface area contributed by atoms with Gasteiger partial charge in [-0.25, -0.2) is 0 Å². The van der Waals surface area contributed by atoms with E-state index in [4.69, 9.17) is 5.73 Å². The average molecular weight is 191 g/mol. The van der Waals surface area contributed by atoms with E-state index in [1.165, 1.54) is 36.8 Å². The third-order valence-corrected chi connectivity index (χ3v) is 2.57. The molecule has 0 bridgehead atoms. The van der Waals surface area contributed by atoms with Crippen LogP contribution in [-0.2, 0) is 6.42 Å². The first kappa shape index (κ1) is 11.3. The summed E-state index contributed by atoms with van der Waals surface area (Å²) in [6.45, 7) is 4.26. The first-order valence-electron chi connectivity index (χ1n) is 5.58. The highest BCUT2D eigenvalue weighted by Crippen LogP contribution is 2.12. The van der Waals surface area contributed by atoms with E-state index < -0.39 is 0 Å². The smallest absolute Gasteiger partial charge is 0.0266 e. The molecule has 14 heavy (non-hydrogen) atoms. The maximum absolute atomic E-state index is 5.79. The fourth-order valence-corrected chi connectivity index (χ4v) is 1.57. The van der Waals surface area contributed by atoms with Gasteiger partial charge in [-0.15, -0.1) is 0 Å². The maximum Gasteiger partial charge on any atom is 0.0266 e. The molecule has 1 rings (SSSR count). The molecule has 0 saturated heterocycles. The first-order chi connectivity index (χ1) is 6.74. The maximum atomic E-state index is 5.79. The Labute approximate surface area is 87.3 Å². The molecule has 0 aliphatic heterocycles. The van der Waals surface area contributed by atoms with Gasteiger partial charge in [-0.3, -0.25) is 0 Å². The number of rotatable bonds is 5. The van der Waals surface area contributed by atoms with Crippen molar-refractivity contribution >= 4 is 0 Å². The molecule has 78 valence electrons. The van der Waals surface area contributed by atoms with Crippen LogP contribution in [0.4, 0.5) is 0 Å². The molecule has 0 heterocycles. The molecule has 0 amide bonds. The normalized spacial score (nSPS) is 12.8. The van der Waals surface area contributed by atoms with Crippen LogP contribution < -0.4 is 5.73 Å². The molecule has 2 N–H and O–H groups in total. The van der Waals surface area contributed by atoms with Crippen LogP contribution in [0.1, 0.15) is 50.3 Å². The summed E-state index contributed by atoms with van der Waals surface area (Å²) in [6.07, 6.45) is 5.12. The topological polar surface area (TPSA) is 26.0 Å². The minimum Gasteiger partial charge on any atom is -0.324 e. The van der Waals surface area contributed by atoms with E-state index in [1.54, 1.807) is 0 Å². The molecule has 1 nitrogen and oxygen atoms in total. The fourth-order valence-electron chi connectivity index (χ4n) is 1.57. The minimum atomic E-state index is 0.152. The minimum absolute atomic E-state index is 0.152. The summed E-state index contributed by atoms with van der Waals surface area (Å²) in [4.78, 5) is 0. The Balaban J connectivity index is 2.47. The number of hydrogen-bond acceptors (Lipinski definition) is 1. The van der Waals surface area contributed by atoms with Gasteiger partial charge in [-0.05, 0) is 30.9 Å². The van der Waals surface area contributed by atoms with Crippen LogP contribution in [0.15, 0.2) is 24.3 Å². The molecule has 0 spiro atoms. The third kappa shape index (κ3) is 3.51. The van der Waals surface area contributed by atoms with Crippen molar-refractivity contribution in [3.63, 3.8) is 0 Å². The van der Waals surface area contributed by atoms with Crippen molar-refractivity contribution in [3.05, 3.63) is 35.4 Å². The van der Waals surface area contributed by atoms with Gasteiger partial charge in [0.2, 0.25) is 0 Å². The average Bonchev–Trinajstić information content (AvgIpc) is 2.19. The Morgan fingerprint density at radius 2 is 1.79 bits per heavy atom. The number of unbranched alkanes of at least 4 members (excludes halogenated alkanes) is 2. The van der Waals surface area contributed by atoms with Gasteiger partial charge in [0.15, 0.2) is 0 Å². The third-order valence-electron chi connectivity index (χ3n) is 2.57. The van der Waals surface area contributed by atoms with Crippen LogP contribution in [0.5, 0.6) is 0 Å². The molecule has 0 fully saturated rings. The van der Waals surface area contributed by atoms with E-state index in [-0.39, 0.29) is 6.04 Å². The second kappa shape index (κ2) is 5.82. The van der Waals surface area contributed by atoms with E-state index in [9.17, 15) is 0 Å². The van der Waals surface area contributed by atoms with E-state index in [2.05, 4.69) is 31.2 Å². The summed E-state index contributed by atoms with van der Waals surface area (Å²) < 4.78 is 0. The molecule has 1 aromatic carbocycles. The fraction of sp³-hybridized carbons (Fsp3) is 0.538. The first-order valence-corrected chi connectivity index (χ1v) is 5.58. The predicted molar refractivity (Wildman–Crippen MR) is 62.3 cm³/mol. The Morgan fingerprint density at radius 3 is 2.29 bits per heavy atom. The zero-order valence-electron chi connectivity index (χ0n) is 9.29.